The highest BCUT2D eigenvalue weighted by Gasteiger charge is 2.45. The number of piperidine rings is 1. The molecule has 0 spiro atoms. The number of benzene rings is 3. The smallest absolute Gasteiger partial charge is 0.242 e. The Morgan fingerprint density at radius 3 is 2.51 bits per heavy atom. The van der Waals surface area contributed by atoms with Crippen LogP contribution in [0.1, 0.15) is 24.8 Å². The van der Waals surface area contributed by atoms with E-state index in [9.17, 15) is 18.0 Å². The van der Waals surface area contributed by atoms with Crippen LogP contribution < -0.4 is 4.72 Å². The number of carbonyl (C=O) groups is 2. The van der Waals surface area contributed by atoms with Crippen LogP contribution in [-0.2, 0) is 26.2 Å². The number of piperazine rings is 1. The molecule has 3 aliphatic heterocycles. The van der Waals surface area contributed by atoms with Gasteiger partial charge in [0.15, 0.2) is 0 Å². The van der Waals surface area contributed by atoms with Crippen molar-refractivity contribution < 1.29 is 18.0 Å². The topological polar surface area (TPSA) is 90.0 Å². The molecule has 10 heteroatoms. The molecular formula is C29H31ClN4O4S. The van der Waals surface area contributed by atoms with Gasteiger partial charge in [-0.05, 0) is 59.9 Å². The van der Waals surface area contributed by atoms with Gasteiger partial charge in [0.2, 0.25) is 21.8 Å². The highest BCUT2D eigenvalue weighted by molar-refractivity contribution is 7.89. The number of nitrogens with one attached hydrogen (secondary N) is 1. The maximum Gasteiger partial charge on any atom is 0.242 e. The highest BCUT2D eigenvalue weighted by atomic mass is 35.5. The fourth-order valence-electron chi connectivity index (χ4n) is 6.14. The summed E-state index contributed by atoms with van der Waals surface area (Å²) in [4.78, 5) is 32.4. The van der Waals surface area contributed by atoms with E-state index in [2.05, 4.69) is 21.8 Å². The summed E-state index contributed by atoms with van der Waals surface area (Å²) >= 11 is 6.04. The molecule has 3 aliphatic rings. The quantitative estimate of drug-likeness (QED) is 0.474. The van der Waals surface area contributed by atoms with Crippen molar-refractivity contribution in [2.24, 2.45) is 0 Å². The van der Waals surface area contributed by atoms with Gasteiger partial charge in [0, 0.05) is 43.3 Å². The van der Waals surface area contributed by atoms with Crippen LogP contribution in [0.5, 0.6) is 0 Å². The van der Waals surface area contributed by atoms with E-state index in [4.69, 9.17) is 11.6 Å². The number of carbonyl (C=O) groups excluding carboxylic acids is 2. The Hall–Kier alpha value is -2.98. The van der Waals surface area contributed by atoms with Crippen LogP contribution in [0.2, 0.25) is 5.02 Å². The molecule has 1 N–H and O–H groups in total. The molecule has 0 aromatic heterocycles. The molecule has 3 fully saturated rings. The number of fused-ring (bicyclic) bond motifs is 3. The third-order valence-corrected chi connectivity index (χ3v) is 9.85. The van der Waals surface area contributed by atoms with E-state index in [0.717, 1.165) is 30.3 Å². The number of likely N-dealkylation sites (tertiary alicyclic amines) is 3. The monoisotopic (exact) mass is 566 g/mol. The minimum absolute atomic E-state index is 0.0182. The summed E-state index contributed by atoms with van der Waals surface area (Å²) in [6, 6.07) is 20.0. The summed E-state index contributed by atoms with van der Waals surface area (Å²) in [7, 11) is -3.93. The van der Waals surface area contributed by atoms with E-state index in [-0.39, 0.29) is 29.3 Å². The zero-order valence-electron chi connectivity index (χ0n) is 21.5. The van der Waals surface area contributed by atoms with Crippen LogP contribution in [0.25, 0.3) is 10.8 Å². The molecule has 3 aromatic rings. The first kappa shape index (κ1) is 26.3. The zero-order chi connectivity index (χ0) is 27.1. The number of rotatable bonds is 7. The van der Waals surface area contributed by atoms with Gasteiger partial charge in [0.1, 0.15) is 6.04 Å². The van der Waals surface area contributed by atoms with Crippen LogP contribution in [0, 0.1) is 0 Å². The van der Waals surface area contributed by atoms with Crippen LogP contribution >= 0.6 is 11.6 Å². The molecule has 0 unspecified atom stereocenters. The Labute approximate surface area is 233 Å². The average Bonchev–Trinajstić information content (AvgIpc) is 3.52. The highest BCUT2D eigenvalue weighted by Crippen LogP contribution is 2.32. The van der Waals surface area contributed by atoms with Gasteiger partial charge in [-0.25, -0.2) is 8.42 Å². The van der Waals surface area contributed by atoms with Crippen molar-refractivity contribution in [2.45, 2.75) is 48.8 Å². The molecule has 204 valence electrons. The van der Waals surface area contributed by atoms with Crippen LogP contribution in [0.15, 0.2) is 71.6 Å². The predicted octanol–water partition coefficient (Wildman–Crippen LogP) is 3.25. The number of halogens is 1. The third kappa shape index (κ3) is 5.41. The number of nitrogens with zero attached hydrogens (tertiary/aromatic N) is 3. The Morgan fingerprint density at radius 2 is 1.74 bits per heavy atom. The van der Waals surface area contributed by atoms with Gasteiger partial charge in [-0.15, -0.1) is 0 Å². The molecule has 0 saturated carbocycles. The summed E-state index contributed by atoms with van der Waals surface area (Å²) in [6.45, 7) is 2.81. The van der Waals surface area contributed by atoms with Crippen molar-refractivity contribution in [3.05, 3.63) is 77.3 Å². The first-order valence-electron chi connectivity index (χ1n) is 13.3. The molecule has 0 aliphatic carbocycles. The standard InChI is InChI=1S/C29H31ClN4O4S/c30-23-10-8-22-14-26(11-9-21(22)13-23)39(37,38)31-27-7-4-12-32(29(27)36)19-28(35)34-18-24-15-25(34)17-33(24)16-20-5-2-1-3-6-20/h1-3,5-6,8-11,13-14,24-25,27,31H,4,7,12,15-19H2/t24-,25-,27+/m1/s1. The fourth-order valence-corrected chi connectivity index (χ4v) is 7.58. The second-order valence-electron chi connectivity index (χ2n) is 10.7. The first-order valence-corrected chi connectivity index (χ1v) is 15.2. The van der Waals surface area contributed by atoms with Crippen molar-refractivity contribution in [1.82, 2.24) is 19.4 Å². The van der Waals surface area contributed by atoms with Crippen molar-refractivity contribution >= 4 is 44.2 Å². The van der Waals surface area contributed by atoms with Crippen LogP contribution in [-0.4, -0.2) is 79.2 Å². The van der Waals surface area contributed by atoms with E-state index in [1.165, 1.54) is 16.5 Å². The molecule has 3 aromatic carbocycles. The lowest BCUT2D eigenvalue weighted by atomic mass is 10.1. The maximum absolute atomic E-state index is 13.3. The molecule has 2 amide bonds. The Kier molecular flexibility index (Phi) is 7.09. The number of sulfonamides is 1. The lowest BCUT2D eigenvalue weighted by molar-refractivity contribution is -0.144. The van der Waals surface area contributed by atoms with E-state index in [1.54, 1.807) is 30.3 Å². The van der Waals surface area contributed by atoms with Crippen molar-refractivity contribution in [1.29, 1.82) is 0 Å². The maximum atomic E-state index is 13.3. The first-order chi connectivity index (χ1) is 18.8. The van der Waals surface area contributed by atoms with Crippen molar-refractivity contribution in [3.63, 3.8) is 0 Å². The molecule has 6 rings (SSSR count). The molecule has 3 heterocycles. The van der Waals surface area contributed by atoms with E-state index >= 15 is 0 Å². The second kappa shape index (κ2) is 10.5. The van der Waals surface area contributed by atoms with Gasteiger partial charge in [0.05, 0.1) is 11.4 Å². The molecule has 3 atom stereocenters. The minimum Gasteiger partial charge on any atom is -0.335 e. The van der Waals surface area contributed by atoms with Crippen molar-refractivity contribution in [3.8, 4) is 0 Å². The van der Waals surface area contributed by atoms with Gasteiger partial charge >= 0.3 is 0 Å². The summed E-state index contributed by atoms with van der Waals surface area (Å²) in [6.07, 6.45) is 1.97. The minimum atomic E-state index is -3.93. The SMILES string of the molecule is O=C1[C@@H](NS(=O)(=O)c2ccc3cc(Cl)ccc3c2)CCCN1CC(=O)N1C[C@H]2C[C@@H]1CN2Cc1ccccc1. The molecule has 3 saturated heterocycles. The lowest BCUT2D eigenvalue weighted by Gasteiger charge is -2.37. The van der Waals surface area contributed by atoms with Gasteiger partial charge in [-0.1, -0.05) is 54.1 Å². The molecule has 8 nitrogen and oxygen atoms in total. The normalized spacial score (nSPS) is 23.6. The number of amides is 2. The molecule has 39 heavy (non-hydrogen) atoms. The van der Waals surface area contributed by atoms with E-state index in [1.807, 2.05) is 23.1 Å². The second-order valence-corrected chi connectivity index (χ2v) is 12.9. The van der Waals surface area contributed by atoms with Gasteiger partial charge < -0.3 is 9.80 Å². The van der Waals surface area contributed by atoms with Gasteiger partial charge in [-0.3, -0.25) is 14.5 Å². The molecule has 2 bridgehead atoms. The summed E-state index contributed by atoms with van der Waals surface area (Å²) in [5, 5.41) is 2.15. The van der Waals surface area contributed by atoms with E-state index in [0.29, 0.717) is 37.0 Å². The fraction of sp³-hybridized carbons (Fsp3) is 0.379. The average molecular weight is 567 g/mol. The van der Waals surface area contributed by atoms with Crippen molar-refractivity contribution in [2.75, 3.05) is 26.2 Å². The predicted molar refractivity (Wildman–Crippen MR) is 150 cm³/mol. The Balaban J connectivity index is 1.07. The Morgan fingerprint density at radius 1 is 0.974 bits per heavy atom. The van der Waals surface area contributed by atoms with E-state index < -0.39 is 16.1 Å². The van der Waals surface area contributed by atoms with Crippen LogP contribution in [0.3, 0.4) is 0 Å². The molecule has 0 radical (unpaired) electrons. The summed E-state index contributed by atoms with van der Waals surface area (Å²) in [5.41, 5.74) is 1.27. The number of hydrogen-bond donors (Lipinski definition) is 1. The van der Waals surface area contributed by atoms with Gasteiger partial charge in [0.25, 0.3) is 0 Å². The number of hydrogen-bond acceptors (Lipinski definition) is 5. The lowest BCUT2D eigenvalue weighted by Crippen LogP contribution is -2.56. The zero-order valence-corrected chi connectivity index (χ0v) is 23.1. The van der Waals surface area contributed by atoms with Crippen LogP contribution in [0.4, 0.5) is 0 Å². The molecular weight excluding hydrogens is 536 g/mol. The third-order valence-electron chi connectivity index (χ3n) is 8.14. The van der Waals surface area contributed by atoms with Gasteiger partial charge in [-0.2, -0.15) is 4.72 Å². The summed E-state index contributed by atoms with van der Waals surface area (Å²) < 4.78 is 28.9. The summed E-state index contributed by atoms with van der Waals surface area (Å²) in [5.74, 6) is -0.410. The largest absolute Gasteiger partial charge is 0.335 e. The Bertz CT molecular complexity index is 1520.